The predicted molar refractivity (Wildman–Crippen MR) is 109 cm³/mol. The number of carbonyl (C=O) groups excluding carboxylic acids is 3. The Balaban J connectivity index is 2.01. The van der Waals surface area contributed by atoms with Crippen LogP contribution in [-0.4, -0.2) is 48.8 Å². The summed E-state index contributed by atoms with van der Waals surface area (Å²) in [6.07, 6.45) is 3.88. The van der Waals surface area contributed by atoms with E-state index in [9.17, 15) is 14.4 Å². The molecule has 2 rings (SSSR count). The van der Waals surface area contributed by atoms with Crippen LogP contribution in [0.1, 0.15) is 38.7 Å². The molecule has 152 valence electrons. The van der Waals surface area contributed by atoms with Crippen molar-refractivity contribution in [2.45, 2.75) is 33.1 Å². The highest BCUT2D eigenvalue weighted by Gasteiger charge is 2.34. The quantitative estimate of drug-likeness (QED) is 0.599. The molecule has 3 amide bonds. The van der Waals surface area contributed by atoms with Crippen molar-refractivity contribution in [2.24, 2.45) is 0 Å². The number of ether oxygens (including phenoxy) is 2. The number of methoxy groups -OCH3 is 1. The van der Waals surface area contributed by atoms with E-state index in [1.807, 2.05) is 13.8 Å². The van der Waals surface area contributed by atoms with Gasteiger partial charge in [-0.2, -0.15) is 0 Å². The first-order valence-corrected chi connectivity index (χ1v) is 10.1. The summed E-state index contributed by atoms with van der Waals surface area (Å²) in [6, 6.07) is 5.33. The van der Waals surface area contributed by atoms with Gasteiger partial charge in [0.05, 0.1) is 18.6 Å². The van der Waals surface area contributed by atoms with Crippen molar-refractivity contribution < 1.29 is 23.9 Å². The lowest BCUT2D eigenvalue weighted by molar-refractivity contribution is -0.124. The average molecular weight is 407 g/mol. The lowest BCUT2D eigenvalue weighted by atomic mass is 10.2. The first-order chi connectivity index (χ1) is 13.5. The molecule has 7 nitrogen and oxygen atoms in total. The second-order valence-corrected chi connectivity index (χ2v) is 7.12. The minimum Gasteiger partial charge on any atom is -0.493 e. The van der Waals surface area contributed by atoms with Gasteiger partial charge in [0.15, 0.2) is 11.5 Å². The van der Waals surface area contributed by atoms with Crippen molar-refractivity contribution in [3.05, 3.63) is 28.7 Å². The Morgan fingerprint density at radius 3 is 2.71 bits per heavy atom. The van der Waals surface area contributed by atoms with Crippen LogP contribution in [0.4, 0.5) is 4.79 Å². The standard InChI is InChI=1S/C20H26N2O5S/c1-4-6-7-18(23)21-10-11-22-19(24)17(28-20(22)25)13-14-8-9-15(27-5-2)16(12-14)26-3/h8-9,12-13H,4-7,10-11H2,1-3H3,(H,21,23)/b17-13-. The number of nitrogens with zero attached hydrogens (tertiary/aromatic N) is 1. The Morgan fingerprint density at radius 1 is 1.25 bits per heavy atom. The Kier molecular flexibility index (Phi) is 8.38. The van der Waals surface area contributed by atoms with Crippen LogP contribution in [0.5, 0.6) is 11.5 Å². The lowest BCUT2D eigenvalue weighted by Gasteiger charge is -2.13. The van der Waals surface area contributed by atoms with Gasteiger partial charge >= 0.3 is 0 Å². The summed E-state index contributed by atoms with van der Waals surface area (Å²) in [6.45, 7) is 4.83. The van der Waals surface area contributed by atoms with Gasteiger partial charge in [0, 0.05) is 19.5 Å². The van der Waals surface area contributed by atoms with E-state index < -0.39 is 0 Å². The van der Waals surface area contributed by atoms with E-state index in [0.29, 0.717) is 29.4 Å². The molecule has 1 aliphatic heterocycles. The summed E-state index contributed by atoms with van der Waals surface area (Å²) < 4.78 is 10.8. The van der Waals surface area contributed by atoms with Gasteiger partial charge < -0.3 is 14.8 Å². The van der Waals surface area contributed by atoms with Crippen molar-refractivity contribution in [2.75, 3.05) is 26.8 Å². The molecule has 0 aliphatic carbocycles. The second kappa shape index (κ2) is 10.8. The molecule has 0 unspecified atom stereocenters. The summed E-state index contributed by atoms with van der Waals surface area (Å²) in [4.78, 5) is 37.8. The largest absolute Gasteiger partial charge is 0.493 e. The van der Waals surface area contributed by atoms with E-state index in [1.54, 1.807) is 31.4 Å². The smallest absolute Gasteiger partial charge is 0.293 e. The van der Waals surface area contributed by atoms with Crippen LogP contribution in [0.15, 0.2) is 23.1 Å². The molecule has 1 aromatic rings. The molecule has 0 aromatic heterocycles. The molecular weight excluding hydrogens is 380 g/mol. The zero-order valence-electron chi connectivity index (χ0n) is 16.4. The number of nitrogens with one attached hydrogen (secondary N) is 1. The molecule has 0 bridgehead atoms. The first-order valence-electron chi connectivity index (χ1n) is 9.33. The number of amides is 3. The zero-order chi connectivity index (χ0) is 20.5. The van der Waals surface area contributed by atoms with Crippen molar-refractivity contribution >= 4 is 34.9 Å². The highest BCUT2D eigenvalue weighted by Crippen LogP contribution is 2.34. The van der Waals surface area contributed by atoms with Crippen LogP contribution in [0.3, 0.4) is 0 Å². The Hall–Kier alpha value is -2.48. The van der Waals surface area contributed by atoms with Crippen molar-refractivity contribution in [3.63, 3.8) is 0 Å². The lowest BCUT2D eigenvalue weighted by Crippen LogP contribution is -2.37. The number of rotatable bonds is 10. The number of benzene rings is 1. The fourth-order valence-corrected chi connectivity index (χ4v) is 3.49. The van der Waals surface area contributed by atoms with Crippen LogP contribution in [0.2, 0.25) is 0 Å². The van der Waals surface area contributed by atoms with Gasteiger partial charge in [-0.3, -0.25) is 19.3 Å². The highest BCUT2D eigenvalue weighted by atomic mass is 32.2. The van der Waals surface area contributed by atoms with E-state index in [0.717, 1.165) is 35.1 Å². The molecule has 1 fully saturated rings. The summed E-state index contributed by atoms with van der Waals surface area (Å²) >= 11 is 0.891. The van der Waals surface area contributed by atoms with Crippen LogP contribution >= 0.6 is 11.8 Å². The van der Waals surface area contributed by atoms with Crippen LogP contribution < -0.4 is 14.8 Å². The van der Waals surface area contributed by atoms with Gasteiger partial charge in [-0.1, -0.05) is 19.4 Å². The van der Waals surface area contributed by atoms with E-state index in [4.69, 9.17) is 9.47 Å². The Bertz CT molecular complexity index is 763. The number of hydrogen-bond acceptors (Lipinski definition) is 6. The van der Waals surface area contributed by atoms with Gasteiger partial charge in [0.25, 0.3) is 11.1 Å². The van der Waals surface area contributed by atoms with Crippen LogP contribution in [-0.2, 0) is 9.59 Å². The van der Waals surface area contributed by atoms with Crippen molar-refractivity contribution in [1.82, 2.24) is 10.2 Å². The Labute approximate surface area is 169 Å². The van der Waals surface area contributed by atoms with E-state index in [1.165, 1.54) is 0 Å². The van der Waals surface area contributed by atoms with Gasteiger partial charge in [-0.25, -0.2) is 0 Å². The third-order valence-electron chi connectivity index (χ3n) is 4.07. The van der Waals surface area contributed by atoms with E-state index in [-0.39, 0.29) is 30.1 Å². The minimum atomic E-state index is -0.356. The number of imide groups is 1. The molecule has 28 heavy (non-hydrogen) atoms. The maximum absolute atomic E-state index is 12.5. The van der Waals surface area contributed by atoms with Gasteiger partial charge in [0.1, 0.15) is 0 Å². The summed E-state index contributed by atoms with van der Waals surface area (Å²) in [5.74, 6) is 0.759. The number of unbranched alkanes of at least 4 members (excludes halogenated alkanes) is 1. The number of carbonyl (C=O) groups is 3. The fraction of sp³-hybridized carbons (Fsp3) is 0.450. The number of hydrogen-bond donors (Lipinski definition) is 1. The number of thioether (sulfide) groups is 1. The molecule has 1 N–H and O–H groups in total. The summed E-state index contributed by atoms with van der Waals surface area (Å²) in [7, 11) is 1.55. The fourth-order valence-electron chi connectivity index (χ4n) is 2.63. The topological polar surface area (TPSA) is 84.9 Å². The molecule has 0 radical (unpaired) electrons. The van der Waals surface area contributed by atoms with E-state index in [2.05, 4.69) is 5.32 Å². The molecule has 0 saturated carbocycles. The normalized spacial score (nSPS) is 15.2. The second-order valence-electron chi connectivity index (χ2n) is 6.13. The average Bonchev–Trinajstić information content (AvgIpc) is 2.95. The highest BCUT2D eigenvalue weighted by molar-refractivity contribution is 8.18. The summed E-state index contributed by atoms with van der Waals surface area (Å²) in [5.41, 5.74) is 0.735. The molecule has 0 atom stereocenters. The van der Waals surface area contributed by atoms with Crippen molar-refractivity contribution in [1.29, 1.82) is 0 Å². The third-order valence-corrected chi connectivity index (χ3v) is 4.98. The van der Waals surface area contributed by atoms with Gasteiger partial charge in [-0.15, -0.1) is 0 Å². The maximum Gasteiger partial charge on any atom is 0.293 e. The van der Waals surface area contributed by atoms with E-state index >= 15 is 0 Å². The molecule has 8 heteroatoms. The molecule has 1 saturated heterocycles. The predicted octanol–water partition coefficient (Wildman–Crippen LogP) is 3.44. The molecular formula is C20H26N2O5S. The summed E-state index contributed by atoms with van der Waals surface area (Å²) in [5, 5.41) is 2.40. The minimum absolute atomic E-state index is 0.0640. The van der Waals surface area contributed by atoms with Gasteiger partial charge in [-0.05, 0) is 48.9 Å². The van der Waals surface area contributed by atoms with Gasteiger partial charge in [0.2, 0.25) is 5.91 Å². The molecule has 0 spiro atoms. The third kappa shape index (κ3) is 5.76. The Morgan fingerprint density at radius 2 is 2.04 bits per heavy atom. The van der Waals surface area contributed by atoms with Crippen LogP contribution in [0.25, 0.3) is 6.08 Å². The monoisotopic (exact) mass is 406 g/mol. The van der Waals surface area contributed by atoms with Crippen LogP contribution in [0, 0.1) is 0 Å². The molecule has 1 aliphatic rings. The molecule has 1 aromatic carbocycles. The maximum atomic E-state index is 12.5. The first kappa shape index (κ1) is 21.8. The SMILES string of the molecule is CCCCC(=O)NCCN1C(=O)S/C(=C\c2ccc(OCC)c(OC)c2)C1=O. The molecule has 1 heterocycles. The zero-order valence-corrected chi connectivity index (χ0v) is 17.3. The van der Waals surface area contributed by atoms with Crippen molar-refractivity contribution in [3.8, 4) is 11.5 Å².